The van der Waals surface area contributed by atoms with Crippen LogP contribution in [-0.4, -0.2) is 44.6 Å². The second kappa shape index (κ2) is 8.78. The van der Waals surface area contributed by atoms with E-state index >= 15 is 0 Å². The van der Waals surface area contributed by atoms with Crippen molar-refractivity contribution >= 4 is 0 Å². The molecular formula is C22H25F2NO3. The van der Waals surface area contributed by atoms with Crippen molar-refractivity contribution < 1.29 is 23.0 Å². The molecule has 0 radical (unpaired) electrons. The molecule has 1 saturated heterocycles. The first-order valence-corrected chi connectivity index (χ1v) is 9.79. The van der Waals surface area contributed by atoms with Crippen molar-refractivity contribution in [2.24, 2.45) is 5.92 Å². The standard InChI is InChI=1S/C22H25F2NO3/c23-9-1-10-25-11-8-20(16-2-4-18(24)5-3-16)17(13-25)14-26-19-6-7-21-22(12-19)28-15-27-21/h2-7,12,17,20H,1,8-11,13-15H2/t17-,20?/m0/s1/i23-1,24-1. The number of ether oxygens (including phenoxy) is 3. The first-order chi connectivity index (χ1) is 13.7. The molecule has 2 atom stereocenters. The maximum atomic E-state index is 13.3. The van der Waals surface area contributed by atoms with Crippen molar-refractivity contribution in [3.05, 3.63) is 53.8 Å². The molecule has 4 rings (SSSR count). The molecule has 6 heteroatoms. The monoisotopic (exact) mass is 387 g/mol. The van der Waals surface area contributed by atoms with Crippen molar-refractivity contribution in [1.29, 1.82) is 0 Å². The highest BCUT2D eigenvalue weighted by molar-refractivity contribution is 5.46. The van der Waals surface area contributed by atoms with Gasteiger partial charge in [0.05, 0.1) is 13.3 Å². The summed E-state index contributed by atoms with van der Waals surface area (Å²) in [6.07, 6.45) is 1.50. The molecule has 4 nitrogen and oxygen atoms in total. The molecule has 2 heterocycles. The number of hydrogen-bond acceptors (Lipinski definition) is 4. The van der Waals surface area contributed by atoms with Gasteiger partial charge in [0.2, 0.25) is 6.79 Å². The Morgan fingerprint density at radius 1 is 1.07 bits per heavy atom. The van der Waals surface area contributed by atoms with E-state index in [0.717, 1.165) is 43.1 Å². The first-order valence-electron chi connectivity index (χ1n) is 9.79. The Hall–Kier alpha value is -2.34. The summed E-state index contributed by atoms with van der Waals surface area (Å²) in [6.45, 7) is 2.99. The number of halogens is 2. The third-order valence-electron chi connectivity index (χ3n) is 5.53. The van der Waals surface area contributed by atoms with Crippen LogP contribution in [0, 0.1) is 11.7 Å². The van der Waals surface area contributed by atoms with Crippen LogP contribution in [0.4, 0.5) is 8.78 Å². The fraction of sp³-hybridized carbons (Fsp3) is 0.455. The van der Waals surface area contributed by atoms with Crippen molar-refractivity contribution in [2.75, 3.05) is 39.7 Å². The minimum absolute atomic E-state index is 0.225. The number of fused-ring (bicyclic) bond motifs is 1. The van der Waals surface area contributed by atoms with Crippen molar-refractivity contribution in [1.82, 2.24) is 4.90 Å². The lowest BCUT2D eigenvalue weighted by Crippen LogP contribution is -2.42. The maximum Gasteiger partial charge on any atom is 0.231 e. The zero-order valence-electron chi connectivity index (χ0n) is 15.8. The third kappa shape index (κ3) is 4.38. The summed E-state index contributed by atoms with van der Waals surface area (Å²) < 4.78 is 42.8. The lowest BCUT2D eigenvalue weighted by Gasteiger charge is -2.38. The van der Waals surface area contributed by atoms with Gasteiger partial charge in [0.25, 0.3) is 0 Å². The van der Waals surface area contributed by atoms with E-state index in [4.69, 9.17) is 14.2 Å². The Kier molecular flexibility index (Phi) is 5.95. The summed E-state index contributed by atoms with van der Waals surface area (Å²) in [6, 6.07) is 12.3. The van der Waals surface area contributed by atoms with E-state index in [-0.39, 0.29) is 31.1 Å². The normalized spacial score (nSPS) is 21.6. The van der Waals surface area contributed by atoms with Gasteiger partial charge in [-0.3, -0.25) is 4.39 Å². The molecule has 2 aliphatic heterocycles. The fourth-order valence-corrected chi connectivity index (χ4v) is 4.08. The predicted molar refractivity (Wildman–Crippen MR) is 102 cm³/mol. The zero-order chi connectivity index (χ0) is 19.3. The summed E-state index contributed by atoms with van der Waals surface area (Å²) in [5.74, 6) is 2.47. The van der Waals surface area contributed by atoms with Crippen molar-refractivity contribution in [3.63, 3.8) is 0 Å². The number of benzene rings is 2. The summed E-state index contributed by atoms with van der Waals surface area (Å²) in [5.41, 5.74) is 1.13. The number of hydrogen-bond donors (Lipinski definition) is 0. The second-order valence-electron chi connectivity index (χ2n) is 7.38. The molecule has 1 unspecified atom stereocenters. The summed E-state index contributed by atoms with van der Waals surface area (Å²) in [5, 5.41) is 0. The van der Waals surface area contributed by atoms with Gasteiger partial charge >= 0.3 is 0 Å². The molecule has 1 fully saturated rings. The Labute approximate surface area is 164 Å². The van der Waals surface area contributed by atoms with Crippen LogP contribution in [0.1, 0.15) is 24.3 Å². The van der Waals surface area contributed by atoms with E-state index in [0.29, 0.717) is 18.8 Å². The number of alkyl halides is 1. The van der Waals surface area contributed by atoms with Gasteiger partial charge in [0.1, 0.15) is 11.6 Å². The van der Waals surface area contributed by atoms with Crippen LogP contribution in [0.2, 0.25) is 0 Å². The van der Waals surface area contributed by atoms with Gasteiger partial charge in [-0.25, -0.2) is 4.39 Å². The van der Waals surface area contributed by atoms with Crippen LogP contribution in [0.25, 0.3) is 0 Å². The van der Waals surface area contributed by atoms with E-state index in [1.54, 1.807) is 0 Å². The topological polar surface area (TPSA) is 30.9 Å². The molecule has 0 aliphatic carbocycles. The van der Waals surface area contributed by atoms with Crippen molar-refractivity contribution in [3.8, 4) is 17.2 Å². The minimum Gasteiger partial charge on any atom is -0.493 e. The molecule has 0 N–H and O–H groups in total. The fourth-order valence-electron chi connectivity index (χ4n) is 4.08. The van der Waals surface area contributed by atoms with Gasteiger partial charge in [-0.05, 0) is 55.1 Å². The van der Waals surface area contributed by atoms with Gasteiger partial charge in [0.15, 0.2) is 11.5 Å². The van der Waals surface area contributed by atoms with Crippen LogP contribution in [0.3, 0.4) is 0 Å². The van der Waals surface area contributed by atoms with Crippen molar-refractivity contribution in [2.45, 2.75) is 18.8 Å². The highest BCUT2D eigenvalue weighted by Crippen LogP contribution is 2.37. The number of piperidine rings is 1. The lowest BCUT2D eigenvalue weighted by atomic mass is 9.81. The van der Waals surface area contributed by atoms with E-state index in [2.05, 4.69) is 4.90 Å². The molecule has 0 saturated carbocycles. The molecule has 0 bridgehead atoms. The SMILES string of the molecule is [18F]CCCN1CCC(c2ccc([18F])cc2)[C@H](COc2ccc3c(c2)OCO3)C1. The lowest BCUT2D eigenvalue weighted by molar-refractivity contribution is 0.108. The van der Waals surface area contributed by atoms with Gasteiger partial charge in [0, 0.05) is 25.1 Å². The average molecular weight is 387 g/mol. The summed E-state index contributed by atoms with van der Waals surface area (Å²) >= 11 is 0. The average Bonchev–Trinajstić information content (AvgIpc) is 3.19. The molecule has 28 heavy (non-hydrogen) atoms. The molecule has 0 aromatic heterocycles. The Morgan fingerprint density at radius 2 is 1.89 bits per heavy atom. The van der Waals surface area contributed by atoms with Crippen LogP contribution in [0.15, 0.2) is 42.5 Å². The molecule has 0 spiro atoms. The van der Waals surface area contributed by atoms with Crippen LogP contribution in [-0.2, 0) is 0 Å². The largest absolute Gasteiger partial charge is 0.493 e. The molecule has 2 aromatic carbocycles. The number of likely N-dealkylation sites (tertiary alicyclic amines) is 1. The Balaban J connectivity index is 1.46. The van der Waals surface area contributed by atoms with Gasteiger partial charge in [-0.15, -0.1) is 0 Å². The highest BCUT2D eigenvalue weighted by Gasteiger charge is 2.31. The van der Waals surface area contributed by atoms with Crippen LogP contribution in [0.5, 0.6) is 17.2 Å². The maximum absolute atomic E-state index is 13.3. The number of nitrogens with zero attached hydrogens (tertiary/aromatic N) is 1. The smallest absolute Gasteiger partial charge is 0.231 e. The second-order valence-corrected chi connectivity index (χ2v) is 7.38. The highest BCUT2D eigenvalue weighted by atomic mass is 18.2. The molecular weight excluding hydrogens is 362 g/mol. The molecule has 150 valence electrons. The molecule has 2 aromatic rings. The van der Waals surface area contributed by atoms with E-state index in [9.17, 15) is 8.78 Å². The minimum atomic E-state index is -0.295. The summed E-state index contributed by atoms with van der Waals surface area (Å²) in [7, 11) is 0. The van der Waals surface area contributed by atoms with E-state index < -0.39 is 0 Å². The molecule has 2 aliphatic rings. The van der Waals surface area contributed by atoms with Crippen LogP contribution >= 0.6 is 0 Å². The summed E-state index contributed by atoms with van der Waals surface area (Å²) in [4.78, 5) is 2.30. The quantitative estimate of drug-likeness (QED) is 0.705. The van der Waals surface area contributed by atoms with E-state index in [1.165, 1.54) is 12.1 Å². The Bertz CT molecular complexity index is 784. The van der Waals surface area contributed by atoms with Gasteiger partial charge < -0.3 is 19.1 Å². The third-order valence-corrected chi connectivity index (χ3v) is 5.53. The predicted octanol–water partition coefficient (Wildman–Crippen LogP) is 4.40. The number of rotatable bonds is 7. The molecule has 0 amide bonds. The van der Waals surface area contributed by atoms with Gasteiger partial charge in [-0.2, -0.15) is 0 Å². The van der Waals surface area contributed by atoms with E-state index in [1.807, 2.05) is 30.3 Å². The van der Waals surface area contributed by atoms with Crippen LogP contribution < -0.4 is 14.2 Å². The first kappa shape index (κ1) is 19.0. The zero-order valence-corrected chi connectivity index (χ0v) is 15.8. The van der Waals surface area contributed by atoms with Gasteiger partial charge in [-0.1, -0.05) is 12.1 Å². The Morgan fingerprint density at radius 3 is 2.71 bits per heavy atom.